The molecule has 4 nitrogen and oxygen atoms in total. The molecule has 4 heteroatoms. The Hall–Kier alpha value is -2.35. The van der Waals surface area contributed by atoms with Gasteiger partial charge in [0, 0.05) is 37.5 Å². The Bertz CT molecular complexity index is 1120. The summed E-state index contributed by atoms with van der Waals surface area (Å²) >= 11 is 0. The lowest BCUT2D eigenvalue weighted by molar-refractivity contribution is -0.114. The molecule has 180 valence electrons. The average Bonchev–Trinajstić information content (AvgIpc) is 3.08. The minimum atomic E-state index is -1.08. The van der Waals surface area contributed by atoms with Crippen LogP contribution in [0.3, 0.4) is 0 Å². The normalized spacial score (nSPS) is 36.6. The standard InChI is InChI=1S/C30H37NO3/c1-19-16-25-27-12-14-30(34,13-5-15-32)29(27,2)18-26(20-6-8-21(9-7-20)31(3)4)28(25)23-11-10-22(33)17-24(19)23/h6-9,17,19,25-27,32,34H,10-12,14-16,18H2,1-4H3/t19-,25+,26-,27+,29+,30-/m1/s1. The summed E-state index contributed by atoms with van der Waals surface area (Å²) in [5.74, 6) is 7.42. The Kier molecular flexibility index (Phi) is 5.78. The number of nitrogens with zero attached hydrogens (tertiary/aromatic N) is 1. The fourth-order valence-electron chi connectivity index (χ4n) is 7.65. The summed E-state index contributed by atoms with van der Waals surface area (Å²) in [5.41, 5.74) is 5.23. The highest BCUT2D eigenvalue weighted by atomic mass is 16.3. The molecule has 0 saturated heterocycles. The van der Waals surface area contributed by atoms with Gasteiger partial charge in [0.05, 0.1) is 0 Å². The van der Waals surface area contributed by atoms with Crippen LogP contribution >= 0.6 is 0 Å². The number of allylic oxidation sites excluding steroid dienone is 4. The molecule has 1 aromatic carbocycles. The maximum atomic E-state index is 12.3. The van der Waals surface area contributed by atoms with E-state index in [1.807, 2.05) is 6.08 Å². The van der Waals surface area contributed by atoms with Crippen molar-refractivity contribution in [1.82, 2.24) is 0 Å². The SMILES string of the molecule is C[C@@H]1C[C@@H]2C(=C3CCC(=O)C=C31)[C@@H](c1ccc(N(C)C)cc1)C[C@@]1(C)[C@H]2CC[C@]1(O)C#CCO. The van der Waals surface area contributed by atoms with Crippen molar-refractivity contribution >= 4 is 11.5 Å². The third-order valence-electron chi connectivity index (χ3n) is 9.43. The zero-order chi connectivity index (χ0) is 24.3. The van der Waals surface area contributed by atoms with Crippen LogP contribution in [0.25, 0.3) is 0 Å². The molecule has 4 aliphatic carbocycles. The van der Waals surface area contributed by atoms with E-state index in [2.05, 4.69) is 68.9 Å². The third kappa shape index (κ3) is 3.48. The van der Waals surface area contributed by atoms with Crippen molar-refractivity contribution in [3.05, 3.63) is 52.6 Å². The molecule has 0 bridgehead atoms. The van der Waals surface area contributed by atoms with Gasteiger partial charge in [-0.05, 0) is 84.8 Å². The molecule has 0 aromatic heterocycles. The van der Waals surface area contributed by atoms with Gasteiger partial charge in [0.1, 0.15) is 12.2 Å². The van der Waals surface area contributed by atoms with Crippen LogP contribution < -0.4 is 4.90 Å². The molecular weight excluding hydrogens is 422 g/mol. The van der Waals surface area contributed by atoms with Gasteiger partial charge in [-0.3, -0.25) is 4.79 Å². The molecule has 2 fully saturated rings. The molecule has 0 spiro atoms. The van der Waals surface area contributed by atoms with Crippen molar-refractivity contribution in [2.75, 3.05) is 25.6 Å². The summed E-state index contributed by atoms with van der Waals surface area (Å²) in [6.45, 7) is 4.27. The maximum Gasteiger partial charge on any atom is 0.156 e. The van der Waals surface area contributed by atoms with Crippen LogP contribution in [0, 0.1) is 35.0 Å². The van der Waals surface area contributed by atoms with E-state index in [0.717, 1.165) is 25.7 Å². The number of benzene rings is 1. The number of aliphatic hydroxyl groups excluding tert-OH is 1. The molecule has 2 N–H and O–H groups in total. The van der Waals surface area contributed by atoms with E-state index in [-0.39, 0.29) is 23.7 Å². The highest BCUT2D eigenvalue weighted by molar-refractivity contribution is 5.93. The first-order chi connectivity index (χ1) is 16.2. The quantitative estimate of drug-likeness (QED) is 0.634. The van der Waals surface area contributed by atoms with E-state index < -0.39 is 5.60 Å². The van der Waals surface area contributed by atoms with Crippen LogP contribution in [0.4, 0.5) is 5.69 Å². The summed E-state index contributed by atoms with van der Waals surface area (Å²) in [6, 6.07) is 8.86. The molecule has 4 aliphatic rings. The van der Waals surface area contributed by atoms with Gasteiger partial charge in [0.2, 0.25) is 0 Å². The van der Waals surface area contributed by atoms with E-state index in [9.17, 15) is 15.0 Å². The smallest absolute Gasteiger partial charge is 0.156 e. The maximum absolute atomic E-state index is 12.3. The Morgan fingerprint density at radius 1 is 1.18 bits per heavy atom. The molecule has 0 heterocycles. The van der Waals surface area contributed by atoms with Crippen molar-refractivity contribution in [2.24, 2.45) is 23.2 Å². The highest BCUT2D eigenvalue weighted by Gasteiger charge is 2.63. The number of ketones is 1. The summed E-state index contributed by atoms with van der Waals surface area (Å²) in [4.78, 5) is 14.4. The number of hydrogen-bond acceptors (Lipinski definition) is 4. The Balaban J connectivity index is 1.68. The third-order valence-corrected chi connectivity index (χ3v) is 9.43. The van der Waals surface area contributed by atoms with Gasteiger partial charge < -0.3 is 15.1 Å². The van der Waals surface area contributed by atoms with Gasteiger partial charge in [-0.2, -0.15) is 0 Å². The number of anilines is 1. The van der Waals surface area contributed by atoms with Crippen LogP contribution in [-0.2, 0) is 4.79 Å². The summed E-state index contributed by atoms with van der Waals surface area (Å²) in [5, 5.41) is 21.2. The second-order valence-electron chi connectivity index (χ2n) is 11.4. The molecule has 0 radical (unpaired) electrons. The lowest BCUT2D eigenvalue weighted by atomic mass is 9.50. The number of rotatable bonds is 2. The minimum Gasteiger partial charge on any atom is -0.384 e. The van der Waals surface area contributed by atoms with Crippen LogP contribution in [-0.4, -0.2) is 42.3 Å². The Morgan fingerprint density at radius 2 is 1.91 bits per heavy atom. The van der Waals surface area contributed by atoms with Gasteiger partial charge in [-0.25, -0.2) is 0 Å². The van der Waals surface area contributed by atoms with Crippen LogP contribution in [0.15, 0.2) is 47.1 Å². The van der Waals surface area contributed by atoms with Gasteiger partial charge in [0.15, 0.2) is 5.78 Å². The van der Waals surface area contributed by atoms with Crippen LogP contribution in [0.5, 0.6) is 0 Å². The molecule has 2 saturated carbocycles. The van der Waals surface area contributed by atoms with Gasteiger partial charge in [-0.1, -0.05) is 43.4 Å². The molecule has 34 heavy (non-hydrogen) atoms. The van der Waals surface area contributed by atoms with Crippen molar-refractivity contribution in [3.8, 4) is 11.8 Å². The Labute approximate surface area is 203 Å². The van der Waals surface area contributed by atoms with Crippen molar-refractivity contribution in [1.29, 1.82) is 0 Å². The summed E-state index contributed by atoms with van der Waals surface area (Å²) in [6.07, 6.45) is 6.82. The van der Waals surface area contributed by atoms with Crippen molar-refractivity contribution < 1.29 is 15.0 Å². The van der Waals surface area contributed by atoms with E-state index in [1.54, 1.807) is 0 Å². The molecule has 0 aliphatic heterocycles. The zero-order valence-corrected chi connectivity index (χ0v) is 20.9. The van der Waals surface area contributed by atoms with Gasteiger partial charge in [0.25, 0.3) is 0 Å². The number of carbonyl (C=O) groups excluding carboxylic acids is 1. The minimum absolute atomic E-state index is 0.196. The predicted molar refractivity (Wildman–Crippen MR) is 135 cm³/mol. The zero-order valence-electron chi connectivity index (χ0n) is 20.9. The first-order valence-electron chi connectivity index (χ1n) is 12.8. The predicted octanol–water partition coefficient (Wildman–Crippen LogP) is 4.62. The number of aliphatic hydroxyl groups is 2. The topological polar surface area (TPSA) is 60.8 Å². The molecule has 5 rings (SSSR count). The summed E-state index contributed by atoms with van der Waals surface area (Å²) < 4.78 is 0. The largest absolute Gasteiger partial charge is 0.384 e. The molecule has 0 amide bonds. The second kappa shape index (κ2) is 8.40. The average molecular weight is 460 g/mol. The summed E-state index contributed by atoms with van der Waals surface area (Å²) in [7, 11) is 4.11. The van der Waals surface area contributed by atoms with Gasteiger partial charge >= 0.3 is 0 Å². The van der Waals surface area contributed by atoms with Crippen LogP contribution in [0.2, 0.25) is 0 Å². The van der Waals surface area contributed by atoms with E-state index >= 15 is 0 Å². The van der Waals surface area contributed by atoms with E-state index in [0.29, 0.717) is 30.6 Å². The number of carbonyl (C=O) groups is 1. The highest BCUT2D eigenvalue weighted by Crippen LogP contribution is 2.67. The van der Waals surface area contributed by atoms with Crippen LogP contribution in [0.1, 0.15) is 63.9 Å². The van der Waals surface area contributed by atoms with E-state index in [4.69, 9.17) is 0 Å². The number of fused-ring (bicyclic) bond motifs is 4. The van der Waals surface area contributed by atoms with Crippen molar-refractivity contribution in [3.63, 3.8) is 0 Å². The second-order valence-corrected chi connectivity index (χ2v) is 11.4. The fraction of sp³-hybridized carbons (Fsp3) is 0.567. The number of hydrogen-bond donors (Lipinski definition) is 2. The molecule has 0 unspecified atom stereocenters. The first kappa shape index (κ1) is 23.4. The lowest BCUT2D eigenvalue weighted by Gasteiger charge is -2.54. The molecule has 6 atom stereocenters. The monoisotopic (exact) mass is 459 g/mol. The first-order valence-corrected chi connectivity index (χ1v) is 12.8. The molecule has 1 aromatic rings. The molecular formula is C30H37NO3. The Morgan fingerprint density at radius 3 is 2.59 bits per heavy atom. The van der Waals surface area contributed by atoms with E-state index in [1.165, 1.54) is 28.0 Å². The van der Waals surface area contributed by atoms with Crippen molar-refractivity contribution in [2.45, 2.75) is 63.9 Å². The fourth-order valence-corrected chi connectivity index (χ4v) is 7.65. The van der Waals surface area contributed by atoms with Gasteiger partial charge in [-0.15, -0.1) is 0 Å². The lowest BCUT2D eigenvalue weighted by Crippen LogP contribution is -2.51.